The second kappa shape index (κ2) is 8.94. The van der Waals surface area contributed by atoms with Gasteiger partial charge >= 0.3 is 0 Å². The van der Waals surface area contributed by atoms with E-state index in [2.05, 4.69) is 52.9 Å². The summed E-state index contributed by atoms with van der Waals surface area (Å²) in [6.07, 6.45) is 0. The number of hydrogen-bond donors (Lipinski definition) is 1. The van der Waals surface area contributed by atoms with Gasteiger partial charge in [-0.2, -0.15) is 0 Å². The summed E-state index contributed by atoms with van der Waals surface area (Å²) >= 11 is 8.44. The zero-order valence-corrected chi connectivity index (χ0v) is 19.1. The van der Waals surface area contributed by atoms with Crippen molar-refractivity contribution in [3.8, 4) is 11.3 Å². The number of methoxy groups -OCH3 is 1. The van der Waals surface area contributed by atoms with E-state index in [9.17, 15) is 0 Å². The molecule has 0 radical (unpaired) electrons. The van der Waals surface area contributed by atoms with Gasteiger partial charge in [-0.05, 0) is 49.5 Å². The summed E-state index contributed by atoms with van der Waals surface area (Å²) in [6.45, 7) is 2.08. The Hall–Kier alpha value is -1.48. The van der Waals surface area contributed by atoms with Gasteiger partial charge in [-0.3, -0.25) is 0 Å². The number of hydrogen-bond acceptors (Lipinski definition) is 7. The average molecular weight is 470 g/mol. The molecular formula is C18H20BrN3OS3. The van der Waals surface area contributed by atoms with Gasteiger partial charge in [0.25, 0.3) is 0 Å². The van der Waals surface area contributed by atoms with Crippen LogP contribution in [-0.4, -0.2) is 31.2 Å². The molecule has 0 unspecified atom stereocenters. The molecule has 0 bridgehead atoms. The molecule has 4 nitrogen and oxygen atoms in total. The van der Waals surface area contributed by atoms with Gasteiger partial charge in [-0.25, -0.2) is 4.98 Å². The van der Waals surface area contributed by atoms with Crippen LogP contribution in [0, 0.1) is 6.92 Å². The summed E-state index contributed by atoms with van der Waals surface area (Å²) in [7, 11) is 5.66. The summed E-state index contributed by atoms with van der Waals surface area (Å²) in [5.41, 5.74) is 4.25. The van der Waals surface area contributed by atoms with Gasteiger partial charge in [-0.15, -0.1) is 39.7 Å². The lowest BCUT2D eigenvalue weighted by atomic mass is 10.2. The molecule has 0 spiro atoms. The van der Waals surface area contributed by atoms with E-state index < -0.39 is 0 Å². The van der Waals surface area contributed by atoms with E-state index in [4.69, 9.17) is 21.9 Å². The lowest BCUT2D eigenvalue weighted by Crippen LogP contribution is -2.08. The Morgan fingerprint density at radius 3 is 2.54 bits per heavy atom. The predicted octanol–water partition coefficient (Wildman–Crippen LogP) is 5.89. The maximum absolute atomic E-state index is 5.22. The molecular weight excluding hydrogens is 450 g/mol. The van der Waals surface area contributed by atoms with Crippen LogP contribution in [0.3, 0.4) is 0 Å². The first-order valence-corrected chi connectivity index (χ1v) is 9.77. The molecule has 1 aromatic carbocycles. The van der Waals surface area contributed by atoms with Crippen molar-refractivity contribution in [1.82, 2.24) is 4.98 Å². The van der Waals surface area contributed by atoms with Crippen LogP contribution in [0.2, 0.25) is 0 Å². The fraction of sp³-hybridized carbons (Fsp3) is 0.222. The smallest absolute Gasteiger partial charge is 0.201 e. The van der Waals surface area contributed by atoms with Crippen LogP contribution < -0.4 is 10.2 Å². The number of thiophene rings is 1. The lowest BCUT2D eigenvalue weighted by Gasteiger charge is -2.12. The monoisotopic (exact) mass is 469 g/mol. The molecule has 2 aromatic heterocycles. The van der Waals surface area contributed by atoms with Crippen molar-refractivity contribution in [2.45, 2.75) is 6.92 Å². The minimum absolute atomic E-state index is 0. The van der Waals surface area contributed by atoms with Gasteiger partial charge in [0.05, 0.1) is 17.7 Å². The molecule has 2 heterocycles. The summed E-state index contributed by atoms with van der Waals surface area (Å²) in [6, 6.07) is 10.3. The minimum Gasteiger partial charge on any atom is -0.486 e. The van der Waals surface area contributed by atoms with Crippen molar-refractivity contribution in [1.29, 1.82) is 0 Å². The summed E-state index contributed by atoms with van der Waals surface area (Å²) < 4.78 is 5.16. The van der Waals surface area contributed by atoms with Crippen molar-refractivity contribution in [2.24, 2.45) is 0 Å². The van der Waals surface area contributed by atoms with Crippen LogP contribution in [0.4, 0.5) is 16.5 Å². The number of nitrogens with zero attached hydrogens (tertiary/aromatic N) is 2. The third kappa shape index (κ3) is 4.62. The van der Waals surface area contributed by atoms with E-state index in [1.54, 1.807) is 29.8 Å². The number of aryl methyl sites for hydroxylation is 1. The Labute approximate surface area is 177 Å². The fourth-order valence-corrected chi connectivity index (χ4v) is 4.22. The molecule has 3 aromatic rings. The van der Waals surface area contributed by atoms with Crippen LogP contribution in [0.1, 0.15) is 9.75 Å². The standard InChI is InChI=1S/C18H19N3OS3.BrH/c1-11-14(9-16(25-11)17(23)22-4)15-10-24-18(20-15)19-12-5-7-13(8-6-12)21(2)3;/h5-10H,1-4H3,(H,19,20);1H. The van der Waals surface area contributed by atoms with Crippen LogP contribution in [0.15, 0.2) is 35.7 Å². The Balaban J connectivity index is 0.00000243. The van der Waals surface area contributed by atoms with E-state index in [0.29, 0.717) is 5.05 Å². The average Bonchev–Trinajstić information content (AvgIpc) is 3.21. The minimum atomic E-state index is 0. The van der Waals surface area contributed by atoms with Crippen LogP contribution in [0.5, 0.6) is 0 Å². The predicted molar refractivity (Wildman–Crippen MR) is 123 cm³/mol. The Bertz CT molecular complexity index is 887. The van der Waals surface area contributed by atoms with Crippen LogP contribution >= 0.6 is 51.9 Å². The molecule has 0 fully saturated rings. The molecule has 0 aliphatic rings. The number of benzene rings is 1. The molecule has 0 saturated heterocycles. The van der Waals surface area contributed by atoms with Gasteiger partial charge in [-0.1, -0.05) is 0 Å². The Morgan fingerprint density at radius 1 is 1.23 bits per heavy atom. The van der Waals surface area contributed by atoms with Gasteiger partial charge in [0.1, 0.15) is 0 Å². The van der Waals surface area contributed by atoms with Crippen molar-refractivity contribution in [3.63, 3.8) is 0 Å². The number of ether oxygens (including phenoxy) is 1. The first-order chi connectivity index (χ1) is 12.0. The molecule has 0 saturated carbocycles. The topological polar surface area (TPSA) is 37.4 Å². The van der Waals surface area contributed by atoms with Gasteiger partial charge < -0.3 is 15.0 Å². The highest BCUT2D eigenvalue weighted by Gasteiger charge is 2.14. The van der Waals surface area contributed by atoms with Gasteiger partial charge in [0, 0.05) is 41.3 Å². The number of thiocarbonyl (C=S) groups is 1. The number of thiazole rings is 1. The molecule has 0 atom stereocenters. The zero-order valence-electron chi connectivity index (χ0n) is 14.9. The van der Waals surface area contributed by atoms with E-state index >= 15 is 0 Å². The third-order valence-corrected chi connectivity index (χ3v) is 6.04. The molecule has 138 valence electrons. The first-order valence-electron chi connectivity index (χ1n) is 7.67. The molecule has 0 aliphatic carbocycles. The summed E-state index contributed by atoms with van der Waals surface area (Å²) in [5, 5.41) is 6.81. The van der Waals surface area contributed by atoms with Gasteiger partial charge in [0.2, 0.25) is 5.05 Å². The molecule has 0 amide bonds. The number of anilines is 3. The summed E-state index contributed by atoms with van der Waals surface area (Å²) in [4.78, 5) is 8.93. The summed E-state index contributed by atoms with van der Waals surface area (Å²) in [5.74, 6) is 0. The molecule has 3 rings (SSSR count). The Kier molecular flexibility index (Phi) is 7.16. The van der Waals surface area contributed by atoms with E-state index in [0.717, 1.165) is 27.0 Å². The van der Waals surface area contributed by atoms with Crippen molar-refractivity contribution in [2.75, 3.05) is 31.4 Å². The van der Waals surface area contributed by atoms with Crippen molar-refractivity contribution in [3.05, 3.63) is 45.5 Å². The maximum Gasteiger partial charge on any atom is 0.201 e. The van der Waals surface area contributed by atoms with E-state index in [1.165, 1.54) is 10.6 Å². The molecule has 26 heavy (non-hydrogen) atoms. The SMILES string of the molecule is Br.COC(=S)c1cc(-c2csc(Nc3ccc(N(C)C)cc3)n2)c(C)s1. The Morgan fingerprint density at radius 2 is 1.92 bits per heavy atom. The second-order valence-electron chi connectivity index (χ2n) is 5.68. The largest absolute Gasteiger partial charge is 0.486 e. The molecule has 1 N–H and O–H groups in total. The highest BCUT2D eigenvalue weighted by molar-refractivity contribution is 8.93. The highest BCUT2D eigenvalue weighted by atomic mass is 79.9. The second-order valence-corrected chi connectivity index (χ2v) is 8.16. The van der Waals surface area contributed by atoms with E-state index in [1.807, 2.05) is 14.1 Å². The van der Waals surface area contributed by atoms with E-state index in [-0.39, 0.29) is 17.0 Å². The first kappa shape index (κ1) is 20.8. The van der Waals surface area contributed by atoms with Gasteiger partial charge in [0.15, 0.2) is 5.13 Å². The van der Waals surface area contributed by atoms with Crippen molar-refractivity contribution < 1.29 is 4.74 Å². The third-order valence-electron chi connectivity index (χ3n) is 3.72. The quantitative estimate of drug-likeness (QED) is 0.471. The van der Waals surface area contributed by atoms with Crippen molar-refractivity contribution >= 4 is 73.4 Å². The number of halogens is 1. The maximum atomic E-state index is 5.22. The fourth-order valence-electron chi connectivity index (χ4n) is 2.36. The van der Waals surface area contributed by atoms with Crippen LogP contribution in [0.25, 0.3) is 11.3 Å². The highest BCUT2D eigenvalue weighted by Crippen LogP contribution is 2.34. The zero-order chi connectivity index (χ0) is 18.0. The number of nitrogens with one attached hydrogen (secondary N) is 1. The molecule has 0 aliphatic heterocycles. The number of aromatic nitrogens is 1. The van der Waals surface area contributed by atoms with Crippen LogP contribution in [-0.2, 0) is 4.74 Å². The number of rotatable bonds is 5. The normalized spacial score (nSPS) is 10.2. The lowest BCUT2D eigenvalue weighted by molar-refractivity contribution is 0.417. The molecule has 8 heteroatoms.